The molecule has 1 aromatic carbocycles. The smallest absolute Gasteiger partial charge is 0.344 e. The summed E-state index contributed by atoms with van der Waals surface area (Å²) in [5.41, 5.74) is 1.46. The van der Waals surface area contributed by atoms with Gasteiger partial charge in [0, 0.05) is 17.9 Å². The van der Waals surface area contributed by atoms with Gasteiger partial charge in [0.2, 0.25) is 6.61 Å². The Kier molecular flexibility index (Phi) is 7.23. The number of oxime groups is 1. The predicted molar refractivity (Wildman–Crippen MR) is 110 cm³/mol. The predicted octanol–water partition coefficient (Wildman–Crippen LogP) is 4.82. The first-order valence-corrected chi connectivity index (χ1v) is 10.1. The highest BCUT2D eigenvalue weighted by Crippen LogP contribution is 2.46. The Balaban J connectivity index is 2.34. The van der Waals surface area contributed by atoms with E-state index in [4.69, 9.17) is 14.8 Å². The van der Waals surface area contributed by atoms with Crippen LogP contribution in [-0.2, 0) is 14.5 Å². The van der Waals surface area contributed by atoms with Crippen molar-refractivity contribution >= 4 is 11.7 Å². The molecule has 0 bridgehead atoms. The quantitative estimate of drug-likeness (QED) is 0.645. The number of hydroxylamine groups is 2. The minimum absolute atomic E-state index is 0.0638. The second-order valence-electron chi connectivity index (χ2n) is 8.16. The van der Waals surface area contributed by atoms with E-state index in [0.29, 0.717) is 6.42 Å². The van der Waals surface area contributed by atoms with E-state index in [1.165, 1.54) is 0 Å². The maximum atomic E-state index is 10.8. The van der Waals surface area contributed by atoms with E-state index in [0.717, 1.165) is 24.1 Å². The Hall–Kier alpha value is -1.92. The minimum Gasteiger partial charge on any atom is -0.479 e. The highest BCUT2D eigenvalue weighted by Gasteiger charge is 2.53. The molecule has 1 N–H and O–H groups in total. The zero-order valence-corrected chi connectivity index (χ0v) is 17.9. The van der Waals surface area contributed by atoms with Gasteiger partial charge in [-0.3, -0.25) is 4.84 Å². The highest BCUT2D eigenvalue weighted by atomic mass is 16.7. The molecule has 1 fully saturated rings. The third-order valence-corrected chi connectivity index (χ3v) is 6.33. The summed E-state index contributed by atoms with van der Waals surface area (Å²) in [5, 5.41) is 15.2. The van der Waals surface area contributed by atoms with Gasteiger partial charge < -0.3 is 9.94 Å². The first-order valence-electron chi connectivity index (χ1n) is 10.1. The lowest BCUT2D eigenvalue weighted by atomic mass is 9.70. The lowest BCUT2D eigenvalue weighted by Gasteiger charge is -2.57. The third kappa shape index (κ3) is 4.55. The molecule has 2 rings (SSSR count). The van der Waals surface area contributed by atoms with E-state index in [2.05, 4.69) is 63.9 Å². The lowest BCUT2D eigenvalue weighted by Crippen LogP contribution is -2.66. The summed E-state index contributed by atoms with van der Waals surface area (Å²) >= 11 is 0. The normalized spacial score (nSPS) is 30.9. The van der Waals surface area contributed by atoms with Crippen LogP contribution in [0.1, 0.15) is 72.5 Å². The molecule has 4 unspecified atom stereocenters. The van der Waals surface area contributed by atoms with Crippen LogP contribution in [0, 0.1) is 5.92 Å². The van der Waals surface area contributed by atoms with Crippen molar-refractivity contribution in [3.63, 3.8) is 0 Å². The largest absolute Gasteiger partial charge is 0.479 e. The van der Waals surface area contributed by atoms with Crippen molar-refractivity contribution in [2.75, 3.05) is 6.61 Å². The van der Waals surface area contributed by atoms with Crippen LogP contribution in [0.15, 0.2) is 35.5 Å². The number of hydrogen-bond donors (Lipinski definition) is 1. The molecular weight excluding hydrogens is 356 g/mol. The number of carboxylic acids is 1. The SMILES string of the molecule is CCC1(C)CC(=NOCC(=O)O)C(C)C(C)(CC)N1OC(C)c1ccccc1. The van der Waals surface area contributed by atoms with Gasteiger partial charge in [0.25, 0.3) is 0 Å². The van der Waals surface area contributed by atoms with Crippen molar-refractivity contribution in [1.29, 1.82) is 0 Å². The first-order chi connectivity index (χ1) is 13.2. The molecule has 156 valence electrons. The molecule has 4 atom stereocenters. The van der Waals surface area contributed by atoms with E-state index in [9.17, 15) is 4.79 Å². The van der Waals surface area contributed by atoms with Crippen LogP contribution in [0.4, 0.5) is 0 Å². The van der Waals surface area contributed by atoms with Gasteiger partial charge in [-0.05, 0) is 39.2 Å². The summed E-state index contributed by atoms with van der Waals surface area (Å²) in [6, 6.07) is 10.2. The molecule has 1 saturated heterocycles. The summed E-state index contributed by atoms with van der Waals surface area (Å²) in [5.74, 6) is -0.958. The van der Waals surface area contributed by atoms with Gasteiger partial charge in [-0.25, -0.2) is 4.79 Å². The fourth-order valence-electron chi connectivity index (χ4n) is 3.96. The van der Waals surface area contributed by atoms with E-state index >= 15 is 0 Å². The van der Waals surface area contributed by atoms with Crippen LogP contribution in [0.2, 0.25) is 0 Å². The van der Waals surface area contributed by atoms with Gasteiger partial charge in [-0.15, -0.1) is 0 Å². The van der Waals surface area contributed by atoms with Crippen LogP contribution >= 0.6 is 0 Å². The average Bonchev–Trinajstić information content (AvgIpc) is 2.69. The molecule has 1 heterocycles. The molecular formula is C22H34N2O4. The Bertz CT molecular complexity index is 693. The van der Waals surface area contributed by atoms with Crippen molar-refractivity contribution < 1.29 is 19.6 Å². The Morgan fingerprint density at radius 1 is 1.29 bits per heavy atom. The summed E-state index contributed by atoms with van der Waals surface area (Å²) in [4.78, 5) is 22.5. The summed E-state index contributed by atoms with van der Waals surface area (Å²) in [7, 11) is 0. The lowest BCUT2D eigenvalue weighted by molar-refractivity contribution is -0.310. The summed E-state index contributed by atoms with van der Waals surface area (Å²) in [6.07, 6.45) is 2.33. The molecule has 1 aliphatic rings. The molecule has 28 heavy (non-hydrogen) atoms. The van der Waals surface area contributed by atoms with Crippen molar-refractivity contribution in [3.05, 3.63) is 35.9 Å². The van der Waals surface area contributed by atoms with Crippen molar-refractivity contribution in [3.8, 4) is 0 Å². The molecule has 6 nitrogen and oxygen atoms in total. The molecule has 0 aliphatic carbocycles. The zero-order valence-electron chi connectivity index (χ0n) is 17.9. The molecule has 6 heteroatoms. The van der Waals surface area contributed by atoms with E-state index in [1.807, 2.05) is 18.2 Å². The number of carbonyl (C=O) groups is 1. The van der Waals surface area contributed by atoms with Gasteiger partial charge in [0.15, 0.2) is 0 Å². The molecule has 0 aromatic heterocycles. The fourth-order valence-corrected chi connectivity index (χ4v) is 3.96. The average molecular weight is 391 g/mol. The minimum atomic E-state index is -1.02. The number of piperidine rings is 1. The van der Waals surface area contributed by atoms with Crippen molar-refractivity contribution in [2.24, 2.45) is 11.1 Å². The molecule has 1 aliphatic heterocycles. The summed E-state index contributed by atoms with van der Waals surface area (Å²) < 4.78 is 0. The standard InChI is InChI=1S/C22H34N2O4/c1-7-21(5)14-19(23-27-15-20(25)26)16(3)22(6,8-2)24(21)28-17(4)18-12-10-9-11-13-18/h9-13,16-17H,7-8,14-15H2,1-6H3,(H,25,26). The molecule has 0 saturated carbocycles. The second-order valence-corrected chi connectivity index (χ2v) is 8.16. The molecule has 0 radical (unpaired) electrons. The number of carboxylic acid groups (broad SMARTS) is 1. The van der Waals surface area contributed by atoms with Crippen molar-refractivity contribution in [2.45, 2.75) is 78.0 Å². The molecule has 1 aromatic rings. The number of hydrogen-bond acceptors (Lipinski definition) is 5. The summed E-state index contributed by atoms with van der Waals surface area (Å²) in [6.45, 7) is 12.4. The molecule has 0 spiro atoms. The monoisotopic (exact) mass is 390 g/mol. The topological polar surface area (TPSA) is 71.4 Å². The van der Waals surface area contributed by atoms with Crippen LogP contribution in [0.25, 0.3) is 0 Å². The Morgan fingerprint density at radius 3 is 2.46 bits per heavy atom. The number of rotatable bonds is 8. The van der Waals surface area contributed by atoms with Gasteiger partial charge in [-0.2, -0.15) is 5.06 Å². The molecule has 0 amide bonds. The fraction of sp³-hybridized carbons (Fsp3) is 0.636. The van der Waals surface area contributed by atoms with Crippen LogP contribution in [-0.4, -0.2) is 39.5 Å². The van der Waals surface area contributed by atoms with Crippen LogP contribution in [0.5, 0.6) is 0 Å². The Morgan fingerprint density at radius 2 is 1.93 bits per heavy atom. The second kappa shape index (κ2) is 9.05. The van der Waals surface area contributed by atoms with Gasteiger partial charge in [0.05, 0.1) is 11.3 Å². The number of benzene rings is 1. The van der Waals surface area contributed by atoms with E-state index < -0.39 is 12.6 Å². The highest BCUT2D eigenvalue weighted by molar-refractivity contribution is 5.89. The zero-order chi connectivity index (χ0) is 20.9. The Labute approximate surface area is 168 Å². The van der Waals surface area contributed by atoms with Gasteiger partial charge in [0.1, 0.15) is 6.10 Å². The maximum Gasteiger partial charge on any atom is 0.344 e. The van der Waals surface area contributed by atoms with Gasteiger partial charge >= 0.3 is 5.97 Å². The van der Waals surface area contributed by atoms with Crippen LogP contribution in [0.3, 0.4) is 0 Å². The van der Waals surface area contributed by atoms with E-state index in [1.54, 1.807) is 0 Å². The van der Waals surface area contributed by atoms with E-state index in [-0.39, 0.29) is 23.1 Å². The number of nitrogens with zero attached hydrogens (tertiary/aromatic N) is 2. The van der Waals surface area contributed by atoms with Gasteiger partial charge in [-0.1, -0.05) is 56.3 Å². The van der Waals surface area contributed by atoms with Crippen LogP contribution < -0.4 is 0 Å². The third-order valence-electron chi connectivity index (χ3n) is 6.33. The first kappa shape index (κ1) is 22.4. The maximum absolute atomic E-state index is 10.8. The number of aliphatic carboxylic acids is 1. The van der Waals surface area contributed by atoms with Crippen molar-refractivity contribution in [1.82, 2.24) is 5.06 Å².